The zero-order valence-electron chi connectivity index (χ0n) is 10.5. The van der Waals surface area contributed by atoms with E-state index in [2.05, 4.69) is 5.32 Å². The molecule has 0 spiro atoms. The Morgan fingerprint density at radius 2 is 1.78 bits per heavy atom. The van der Waals surface area contributed by atoms with Gasteiger partial charge in [0.05, 0.1) is 5.56 Å². The van der Waals surface area contributed by atoms with Gasteiger partial charge in [-0.2, -0.15) is 13.2 Å². The van der Waals surface area contributed by atoms with Crippen molar-refractivity contribution in [3.63, 3.8) is 0 Å². The van der Waals surface area contributed by atoms with E-state index in [0.29, 0.717) is 5.69 Å². The summed E-state index contributed by atoms with van der Waals surface area (Å²) in [6.45, 7) is 5.62. The summed E-state index contributed by atoms with van der Waals surface area (Å²) in [7, 11) is 0. The molecular weight excluding hydrogens is 241 g/mol. The molecule has 1 aliphatic heterocycles. The molecule has 1 saturated heterocycles. The van der Waals surface area contributed by atoms with E-state index >= 15 is 0 Å². The summed E-state index contributed by atoms with van der Waals surface area (Å²) in [5.74, 6) is 0. The Labute approximate surface area is 105 Å². The van der Waals surface area contributed by atoms with Gasteiger partial charge in [-0.3, -0.25) is 0 Å². The number of anilines is 1. The highest BCUT2D eigenvalue weighted by Gasteiger charge is 2.32. The lowest BCUT2D eigenvalue weighted by molar-refractivity contribution is -0.137. The summed E-state index contributed by atoms with van der Waals surface area (Å²) in [6, 6.07) is 5.95. The molecule has 0 aromatic heterocycles. The molecule has 1 aromatic carbocycles. The molecule has 2 rings (SSSR count). The van der Waals surface area contributed by atoms with Gasteiger partial charge in [0.1, 0.15) is 0 Å². The normalized spacial score (nSPS) is 25.3. The molecule has 1 aromatic rings. The zero-order chi connectivity index (χ0) is 13.3. The van der Waals surface area contributed by atoms with Crippen LogP contribution in [0.4, 0.5) is 18.9 Å². The van der Waals surface area contributed by atoms with Crippen molar-refractivity contribution in [3.05, 3.63) is 29.8 Å². The molecule has 2 atom stereocenters. The van der Waals surface area contributed by atoms with Crippen LogP contribution < -0.4 is 10.2 Å². The number of piperazine rings is 1. The topological polar surface area (TPSA) is 15.3 Å². The van der Waals surface area contributed by atoms with Crippen LogP contribution >= 0.6 is 0 Å². The van der Waals surface area contributed by atoms with Crippen LogP contribution in [0.25, 0.3) is 0 Å². The molecule has 2 nitrogen and oxygen atoms in total. The summed E-state index contributed by atoms with van der Waals surface area (Å²) < 4.78 is 38.1. The average Bonchev–Trinajstić information content (AvgIpc) is 2.28. The number of halogens is 3. The third-order valence-corrected chi connectivity index (χ3v) is 3.30. The van der Waals surface area contributed by atoms with Crippen molar-refractivity contribution >= 4 is 5.69 Å². The molecule has 5 heteroatoms. The quantitative estimate of drug-likeness (QED) is 0.833. The highest BCUT2D eigenvalue weighted by Crippen LogP contribution is 2.32. The van der Waals surface area contributed by atoms with Crippen molar-refractivity contribution in [2.45, 2.75) is 32.1 Å². The van der Waals surface area contributed by atoms with Crippen LogP contribution in [0.2, 0.25) is 0 Å². The minimum atomic E-state index is -4.28. The predicted molar refractivity (Wildman–Crippen MR) is 65.7 cm³/mol. The average molecular weight is 258 g/mol. The van der Waals surface area contributed by atoms with Gasteiger partial charge in [-0.1, -0.05) is 6.07 Å². The van der Waals surface area contributed by atoms with Gasteiger partial charge in [-0.15, -0.1) is 0 Å². The van der Waals surface area contributed by atoms with Gasteiger partial charge in [-0.05, 0) is 32.0 Å². The van der Waals surface area contributed by atoms with Gasteiger partial charge in [0, 0.05) is 30.9 Å². The molecule has 0 unspecified atom stereocenters. The molecule has 1 fully saturated rings. The van der Waals surface area contributed by atoms with Gasteiger partial charge in [0.15, 0.2) is 0 Å². The molecule has 1 heterocycles. The highest BCUT2D eigenvalue weighted by molar-refractivity contribution is 5.51. The second-order valence-corrected chi connectivity index (χ2v) is 4.81. The molecule has 0 saturated carbocycles. The summed E-state index contributed by atoms with van der Waals surface area (Å²) in [5, 5.41) is 3.26. The fraction of sp³-hybridized carbons (Fsp3) is 0.538. The number of nitrogens with one attached hydrogen (secondary N) is 1. The Balaban J connectivity index is 2.32. The highest BCUT2D eigenvalue weighted by atomic mass is 19.4. The number of hydrogen-bond acceptors (Lipinski definition) is 2. The largest absolute Gasteiger partial charge is 0.416 e. The van der Waals surface area contributed by atoms with Gasteiger partial charge in [-0.25, -0.2) is 0 Å². The van der Waals surface area contributed by atoms with Gasteiger partial charge in [0.25, 0.3) is 0 Å². The smallest absolute Gasteiger partial charge is 0.364 e. The van der Waals surface area contributed by atoms with Crippen molar-refractivity contribution in [2.75, 3.05) is 18.0 Å². The summed E-state index contributed by atoms with van der Waals surface area (Å²) in [6.07, 6.45) is -4.28. The number of alkyl halides is 3. The zero-order valence-corrected chi connectivity index (χ0v) is 10.5. The van der Waals surface area contributed by atoms with E-state index in [1.54, 1.807) is 6.07 Å². The van der Waals surface area contributed by atoms with E-state index in [9.17, 15) is 13.2 Å². The first-order valence-electron chi connectivity index (χ1n) is 6.06. The summed E-state index contributed by atoms with van der Waals surface area (Å²) in [5.41, 5.74) is 0.0595. The second-order valence-electron chi connectivity index (χ2n) is 4.81. The summed E-state index contributed by atoms with van der Waals surface area (Å²) in [4.78, 5) is 2.05. The van der Waals surface area contributed by atoms with Crippen molar-refractivity contribution in [2.24, 2.45) is 0 Å². The first-order chi connectivity index (χ1) is 8.39. The minimum absolute atomic E-state index is 0.192. The lowest BCUT2D eigenvalue weighted by Crippen LogP contribution is -2.55. The molecule has 0 amide bonds. The second kappa shape index (κ2) is 4.80. The van der Waals surface area contributed by atoms with Gasteiger partial charge >= 0.3 is 6.18 Å². The van der Waals surface area contributed by atoms with Crippen molar-refractivity contribution in [1.29, 1.82) is 0 Å². The van der Waals surface area contributed by atoms with Crippen LogP contribution in [0.1, 0.15) is 19.4 Å². The number of benzene rings is 1. The fourth-order valence-corrected chi connectivity index (χ4v) is 2.48. The molecule has 0 radical (unpaired) electrons. The first kappa shape index (κ1) is 13.2. The Morgan fingerprint density at radius 1 is 1.17 bits per heavy atom. The SMILES string of the molecule is C[C@@H]1CNC[C@H](C)N1c1cccc(C(F)(F)F)c1. The van der Waals surface area contributed by atoms with Crippen LogP contribution in [0.15, 0.2) is 24.3 Å². The van der Waals surface area contributed by atoms with E-state index in [0.717, 1.165) is 19.2 Å². The Bertz CT molecular complexity index is 407. The summed E-state index contributed by atoms with van der Waals surface area (Å²) >= 11 is 0. The molecular formula is C13H17F3N2. The van der Waals surface area contributed by atoms with Crippen molar-refractivity contribution in [1.82, 2.24) is 5.32 Å². The van der Waals surface area contributed by atoms with Crippen LogP contribution in [0, 0.1) is 0 Å². The van der Waals surface area contributed by atoms with Gasteiger partial charge < -0.3 is 10.2 Å². The van der Waals surface area contributed by atoms with Crippen LogP contribution in [0.5, 0.6) is 0 Å². The van der Waals surface area contributed by atoms with Crippen LogP contribution in [-0.2, 0) is 6.18 Å². The van der Waals surface area contributed by atoms with E-state index in [1.165, 1.54) is 12.1 Å². The predicted octanol–water partition coefficient (Wildman–Crippen LogP) is 2.89. The Morgan fingerprint density at radius 3 is 2.33 bits per heavy atom. The van der Waals surface area contributed by atoms with E-state index in [4.69, 9.17) is 0 Å². The van der Waals surface area contributed by atoms with E-state index < -0.39 is 11.7 Å². The van der Waals surface area contributed by atoms with Crippen LogP contribution in [0.3, 0.4) is 0 Å². The lowest BCUT2D eigenvalue weighted by atomic mass is 10.1. The minimum Gasteiger partial charge on any atom is -0.364 e. The molecule has 0 bridgehead atoms. The van der Waals surface area contributed by atoms with Crippen molar-refractivity contribution in [3.8, 4) is 0 Å². The Hall–Kier alpha value is -1.23. The molecule has 100 valence electrons. The third kappa shape index (κ3) is 2.61. The maximum atomic E-state index is 12.7. The third-order valence-electron chi connectivity index (χ3n) is 3.30. The molecule has 0 aliphatic carbocycles. The van der Waals surface area contributed by atoms with Gasteiger partial charge in [0.2, 0.25) is 0 Å². The fourth-order valence-electron chi connectivity index (χ4n) is 2.48. The number of rotatable bonds is 1. The molecule has 1 N–H and O–H groups in total. The standard InChI is InChI=1S/C13H17F3N2/c1-9-7-17-8-10(2)18(9)12-5-3-4-11(6-12)13(14,15)16/h3-6,9-10,17H,7-8H2,1-2H3/t9-,10+. The van der Waals surface area contributed by atoms with E-state index in [1.807, 2.05) is 18.7 Å². The maximum Gasteiger partial charge on any atom is 0.416 e. The van der Waals surface area contributed by atoms with Crippen LogP contribution in [-0.4, -0.2) is 25.2 Å². The molecule has 1 aliphatic rings. The van der Waals surface area contributed by atoms with Crippen molar-refractivity contribution < 1.29 is 13.2 Å². The maximum absolute atomic E-state index is 12.7. The molecule has 18 heavy (non-hydrogen) atoms. The van der Waals surface area contributed by atoms with E-state index in [-0.39, 0.29) is 12.1 Å². The lowest BCUT2D eigenvalue weighted by Gasteiger charge is -2.41. The number of hydrogen-bond donors (Lipinski definition) is 1. The number of nitrogens with zero attached hydrogens (tertiary/aromatic N) is 1. The Kier molecular flexibility index (Phi) is 3.52. The first-order valence-corrected chi connectivity index (χ1v) is 6.06. The monoisotopic (exact) mass is 258 g/mol.